The Kier molecular flexibility index (Phi) is 5.38. The van der Waals surface area contributed by atoms with Gasteiger partial charge in [-0.25, -0.2) is 0 Å². The highest BCUT2D eigenvalue weighted by atomic mass is 16.6. The average molecular weight is 292 g/mol. The summed E-state index contributed by atoms with van der Waals surface area (Å²) in [5.41, 5.74) is 1.31. The maximum atomic E-state index is 11.3. The van der Waals surface area contributed by atoms with Crippen LogP contribution in [0.3, 0.4) is 0 Å². The molecule has 0 saturated carbocycles. The van der Waals surface area contributed by atoms with Crippen molar-refractivity contribution in [3.05, 3.63) is 28.3 Å². The van der Waals surface area contributed by atoms with Gasteiger partial charge in [0.05, 0.1) is 4.92 Å². The van der Waals surface area contributed by atoms with Gasteiger partial charge in [0.2, 0.25) is 0 Å². The van der Waals surface area contributed by atoms with Gasteiger partial charge in [0.1, 0.15) is 11.4 Å². The van der Waals surface area contributed by atoms with E-state index in [1.165, 1.54) is 12.8 Å². The number of hydrogen-bond donors (Lipinski definition) is 2. The fourth-order valence-electron chi connectivity index (χ4n) is 2.85. The number of nitro groups is 1. The Bertz CT molecular complexity index is 493. The van der Waals surface area contributed by atoms with Crippen molar-refractivity contribution in [2.24, 2.45) is 0 Å². The second kappa shape index (κ2) is 7.26. The van der Waals surface area contributed by atoms with Gasteiger partial charge in [0, 0.05) is 19.1 Å². The Morgan fingerprint density at radius 1 is 1.33 bits per heavy atom. The molecule has 1 aromatic rings. The second-order valence-electron chi connectivity index (χ2n) is 5.50. The van der Waals surface area contributed by atoms with Crippen LogP contribution in [0.4, 0.5) is 17.1 Å². The van der Waals surface area contributed by atoms with E-state index in [0.29, 0.717) is 24.0 Å². The Hall–Kier alpha value is -1.82. The highest BCUT2D eigenvalue weighted by Gasteiger charge is 2.22. The van der Waals surface area contributed by atoms with Crippen molar-refractivity contribution in [3.63, 3.8) is 0 Å². The van der Waals surface area contributed by atoms with Crippen LogP contribution in [-0.4, -0.2) is 42.5 Å². The van der Waals surface area contributed by atoms with E-state index in [-0.39, 0.29) is 10.6 Å². The summed E-state index contributed by atoms with van der Waals surface area (Å²) in [7, 11) is 2.12. The van der Waals surface area contributed by atoms with Gasteiger partial charge in [0.25, 0.3) is 0 Å². The van der Waals surface area contributed by atoms with Crippen LogP contribution in [-0.2, 0) is 0 Å². The van der Waals surface area contributed by atoms with Crippen molar-refractivity contribution in [3.8, 4) is 0 Å². The average Bonchev–Trinajstić information content (AvgIpc) is 2.46. The fraction of sp³-hybridized carbons (Fsp3) is 0.600. The molecule has 1 fully saturated rings. The van der Waals surface area contributed by atoms with E-state index in [9.17, 15) is 10.1 Å². The van der Waals surface area contributed by atoms with Gasteiger partial charge in [-0.05, 0) is 45.5 Å². The molecule has 0 aliphatic carbocycles. The third-order valence-electron chi connectivity index (χ3n) is 4.04. The molecule has 1 unspecified atom stereocenters. The lowest BCUT2D eigenvalue weighted by atomic mass is 10.0. The number of anilines is 2. The zero-order valence-corrected chi connectivity index (χ0v) is 12.8. The molecule has 0 spiro atoms. The lowest BCUT2D eigenvalue weighted by Gasteiger charge is -2.32. The number of hydrogen-bond acceptors (Lipinski definition) is 5. The van der Waals surface area contributed by atoms with Crippen molar-refractivity contribution in [2.45, 2.75) is 32.2 Å². The molecule has 1 heterocycles. The van der Waals surface area contributed by atoms with Crippen LogP contribution >= 0.6 is 0 Å². The van der Waals surface area contributed by atoms with Crippen LogP contribution in [0, 0.1) is 10.1 Å². The molecule has 6 nitrogen and oxygen atoms in total. The molecule has 0 amide bonds. The lowest BCUT2D eigenvalue weighted by Crippen LogP contribution is -2.40. The van der Waals surface area contributed by atoms with Crippen LogP contribution in [0.5, 0.6) is 0 Å². The number of benzene rings is 1. The first-order chi connectivity index (χ1) is 10.1. The van der Waals surface area contributed by atoms with Crippen LogP contribution in [0.2, 0.25) is 0 Å². The summed E-state index contributed by atoms with van der Waals surface area (Å²) in [5.74, 6) is 0. The molecule has 1 saturated heterocycles. The zero-order valence-electron chi connectivity index (χ0n) is 12.8. The predicted octanol–water partition coefficient (Wildman–Crippen LogP) is 2.92. The monoisotopic (exact) mass is 292 g/mol. The van der Waals surface area contributed by atoms with Crippen LogP contribution in [0.15, 0.2) is 18.2 Å². The van der Waals surface area contributed by atoms with E-state index in [1.807, 2.05) is 13.0 Å². The van der Waals surface area contributed by atoms with Crippen LogP contribution < -0.4 is 10.6 Å². The molecule has 1 aliphatic rings. The number of likely N-dealkylation sites (tertiary alicyclic amines) is 1. The van der Waals surface area contributed by atoms with E-state index >= 15 is 0 Å². The van der Waals surface area contributed by atoms with Gasteiger partial charge in [-0.15, -0.1) is 0 Å². The summed E-state index contributed by atoms with van der Waals surface area (Å²) in [5, 5.41) is 17.7. The minimum absolute atomic E-state index is 0.137. The summed E-state index contributed by atoms with van der Waals surface area (Å²) in [6.45, 7) is 4.44. The number of likely N-dealkylation sites (N-methyl/N-ethyl adjacent to an activating group) is 1. The van der Waals surface area contributed by atoms with Gasteiger partial charge in [0.15, 0.2) is 0 Å². The highest BCUT2D eigenvalue weighted by molar-refractivity contribution is 5.76. The van der Waals surface area contributed by atoms with Gasteiger partial charge in [-0.1, -0.05) is 12.5 Å². The van der Waals surface area contributed by atoms with E-state index < -0.39 is 0 Å². The molecule has 116 valence electrons. The van der Waals surface area contributed by atoms with E-state index in [2.05, 4.69) is 22.6 Å². The second-order valence-corrected chi connectivity index (χ2v) is 5.50. The molecule has 0 radical (unpaired) electrons. The third-order valence-corrected chi connectivity index (χ3v) is 4.04. The molecule has 2 rings (SSSR count). The number of piperidine rings is 1. The first-order valence-electron chi connectivity index (χ1n) is 7.59. The number of rotatable bonds is 6. The molecule has 1 aromatic carbocycles. The standard InChI is InChI=1S/C15H24N4O2/c1-3-16-13-8-6-9-14(15(13)19(20)21)17-11-12-7-4-5-10-18(12)2/h6,8-9,12,16-17H,3-5,7,10-11H2,1-2H3. The van der Waals surface area contributed by atoms with Gasteiger partial charge in [-0.2, -0.15) is 0 Å². The molecular formula is C15H24N4O2. The molecule has 6 heteroatoms. The Balaban J connectivity index is 2.11. The molecule has 21 heavy (non-hydrogen) atoms. The predicted molar refractivity (Wildman–Crippen MR) is 86.0 cm³/mol. The SMILES string of the molecule is CCNc1cccc(NCC2CCCCN2C)c1[N+](=O)[O-]. The quantitative estimate of drug-likeness (QED) is 0.623. The first-order valence-corrected chi connectivity index (χ1v) is 7.59. The lowest BCUT2D eigenvalue weighted by molar-refractivity contribution is -0.383. The molecule has 0 bridgehead atoms. The van der Waals surface area contributed by atoms with Gasteiger partial charge < -0.3 is 15.5 Å². The molecule has 0 aromatic heterocycles. The number of para-hydroxylation sites is 1. The van der Waals surface area contributed by atoms with E-state index in [1.54, 1.807) is 12.1 Å². The number of nitrogens with one attached hydrogen (secondary N) is 2. The number of nitrogens with zero attached hydrogens (tertiary/aromatic N) is 2. The van der Waals surface area contributed by atoms with Crippen LogP contribution in [0.25, 0.3) is 0 Å². The van der Waals surface area contributed by atoms with Gasteiger partial charge in [-0.3, -0.25) is 10.1 Å². The van der Waals surface area contributed by atoms with E-state index in [4.69, 9.17) is 0 Å². The maximum Gasteiger partial charge on any atom is 0.315 e. The summed E-state index contributed by atoms with van der Waals surface area (Å²) >= 11 is 0. The summed E-state index contributed by atoms with van der Waals surface area (Å²) in [4.78, 5) is 13.4. The largest absolute Gasteiger partial charge is 0.380 e. The topological polar surface area (TPSA) is 70.4 Å². The smallest absolute Gasteiger partial charge is 0.315 e. The normalized spacial score (nSPS) is 19.2. The molecular weight excluding hydrogens is 268 g/mol. The molecule has 2 N–H and O–H groups in total. The first kappa shape index (κ1) is 15.6. The minimum atomic E-state index is -0.315. The summed E-state index contributed by atoms with van der Waals surface area (Å²) < 4.78 is 0. The fourth-order valence-corrected chi connectivity index (χ4v) is 2.85. The third kappa shape index (κ3) is 3.85. The Morgan fingerprint density at radius 3 is 2.67 bits per heavy atom. The zero-order chi connectivity index (χ0) is 15.2. The molecule has 1 atom stereocenters. The van der Waals surface area contributed by atoms with Crippen molar-refractivity contribution in [2.75, 3.05) is 37.3 Å². The van der Waals surface area contributed by atoms with Crippen molar-refractivity contribution < 1.29 is 4.92 Å². The van der Waals surface area contributed by atoms with Crippen molar-refractivity contribution in [1.82, 2.24) is 4.90 Å². The Labute approximate surface area is 125 Å². The number of nitro benzene ring substituents is 1. The summed E-state index contributed by atoms with van der Waals surface area (Å²) in [6.07, 6.45) is 3.61. The van der Waals surface area contributed by atoms with Gasteiger partial charge >= 0.3 is 5.69 Å². The van der Waals surface area contributed by atoms with E-state index in [0.717, 1.165) is 19.5 Å². The summed E-state index contributed by atoms with van der Waals surface area (Å²) in [6, 6.07) is 5.82. The van der Waals surface area contributed by atoms with Crippen molar-refractivity contribution in [1.29, 1.82) is 0 Å². The van der Waals surface area contributed by atoms with Crippen LogP contribution in [0.1, 0.15) is 26.2 Å². The maximum absolute atomic E-state index is 11.3. The Morgan fingerprint density at radius 2 is 2.05 bits per heavy atom. The van der Waals surface area contributed by atoms with Crippen molar-refractivity contribution >= 4 is 17.1 Å². The molecule has 1 aliphatic heterocycles. The minimum Gasteiger partial charge on any atom is -0.380 e. The highest BCUT2D eigenvalue weighted by Crippen LogP contribution is 2.33.